The first-order valence-corrected chi connectivity index (χ1v) is 10.1. The molecule has 0 aliphatic rings. The molecular formula is C19H14N4O3S2. The predicted octanol–water partition coefficient (Wildman–Crippen LogP) is 4.70. The number of benzene rings is 2. The summed E-state index contributed by atoms with van der Waals surface area (Å²) < 4.78 is 1.98. The Labute approximate surface area is 168 Å². The minimum atomic E-state index is -0.447. The predicted molar refractivity (Wildman–Crippen MR) is 111 cm³/mol. The van der Waals surface area contributed by atoms with Crippen molar-refractivity contribution in [3.05, 3.63) is 76.4 Å². The molecule has 0 bridgehead atoms. The Kier molecular flexibility index (Phi) is 5.09. The monoisotopic (exact) mass is 410 g/mol. The zero-order valence-electron chi connectivity index (χ0n) is 14.4. The number of imidazole rings is 1. The fraction of sp³-hybridized carbons (Fsp3) is 0.0526. The molecule has 0 fully saturated rings. The van der Waals surface area contributed by atoms with Gasteiger partial charge in [-0.3, -0.25) is 19.3 Å². The molecule has 9 heteroatoms. The second kappa shape index (κ2) is 7.83. The summed E-state index contributed by atoms with van der Waals surface area (Å²) in [6.07, 6.45) is 3.94. The lowest BCUT2D eigenvalue weighted by Gasteiger charge is -2.06. The van der Waals surface area contributed by atoms with Crippen molar-refractivity contribution in [3.63, 3.8) is 0 Å². The van der Waals surface area contributed by atoms with Crippen LogP contribution in [0.15, 0.2) is 71.2 Å². The summed E-state index contributed by atoms with van der Waals surface area (Å²) in [6, 6.07) is 13.7. The van der Waals surface area contributed by atoms with E-state index in [0.717, 1.165) is 21.1 Å². The Morgan fingerprint density at radius 1 is 1.18 bits per heavy atom. The van der Waals surface area contributed by atoms with E-state index in [0.29, 0.717) is 5.69 Å². The number of nitro groups is 1. The van der Waals surface area contributed by atoms with Crippen LogP contribution in [0.3, 0.4) is 0 Å². The number of nitro benzene ring substituents is 1. The number of rotatable bonds is 6. The number of hydrogen-bond acceptors (Lipinski definition) is 6. The van der Waals surface area contributed by atoms with Crippen molar-refractivity contribution >= 4 is 45.3 Å². The lowest BCUT2D eigenvalue weighted by molar-refractivity contribution is -0.384. The van der Waals surface area contributed by atoms with E-state index >= 15 is 0 Å². The largest absolute Gasteiger partial charge is 0.325 e. The van der Waals surface area contributed by atoms with Crippen LogP contribution in [0.2, 0.25) is 0 Å². The minimum absolute atomic E-state index is 0.0337. The van der Waals surface area contributed by atoms with Crippen molar-refractivity contribution in [2.24, 2.45) is 0 Å². The molecule has 0 aliphatic heterocycles. The number of aromatic nitrogens is 2. The molecular weight excluding hydrogens is 396 g/mol. The molecule has 0 saturated carbocycles. The first-order valence-electron chi connectivity index (χ1n) is 8.28. The molecule has 0 atom stereocenters. The summed E-state index contributed by atoms with van der Waals surface area (Å²) in [6.45, 7) is 0. The number of hydrogen-bond donors (Lipinski definition) is 1. The van der Waals surface area contributed by atoms with E-state index in [9.17, 15) is 14.9 Å². The van der Waals surface area contributed by atoms with E-state index in [1.165, 1.54) is 23.9 Å². The number of carbonyl (C=O) groups excluding carboxylic acids is 1. The number of non-ortho nitro benzene ring substituents is 1. The standard InChI is InChI=1S/C19H14N4O3S2/c24-18(12-28-16-7-5-15(6-8-16)23(25)26)20-14-3-1-13(2-4-14)17-11-22-9-10-27-19(22)21-17/h1-11H,12H2,(H,20,24). The highest BCUT2D eigenvalue weighted by molar-refractivity contribution is 8.00. The Morgan fingerprint density at radius 3 is 2.61 bits per heavy atom. The van der Waals surface area contributed by atoms with Gasteiger partial charge in [0.1, 0.15) is 0 Å². The minimum Gasteiger partial charge on any atom is -0.325 e. The van der Waals surface area contributed by atoms with E-state index < -0.39 is 4.92 Å². The highest BCUT2D eigenvalue weighted by Crippen LogP contribution is 2.24. The van der Waals surface area contributed by atoms with Gasteiger partial charge in [0.15, 0.2) is 4.96 Å². The molecule has 140 valence electrons. The molecule has 1 amide bonds. The van der Waals surface area contributed by atoms with Crippen LogP contribution in [0.4, 0.5) is 11.4 Å². The summed E-state index contributed by atoms with van der Waals surface area (Å²) in [5, 5.41) is 15.5. The Balaban J connectivity index is 1.34. The van der Waals surface area contributed by atoms with Crippen LogP contribution in [0.5, 0.6) is 0 Å². The first kappa shape index (κ1) is 18.2. The maximum absolute atomic E-state index is 12.1. The number of amides is 1. The smallest absolute Gasteiger partial charge is 0.269 e. The molecule has 0 aliphatic carbocycles. The lowest BCUT2D eigenvalue weighted by Crippen LogP contribution is -2.13. The molecule has 28 heavy (non-hydrogen) atoms. The Hall–Kier alpha value is -3.17. The maximum Gasteiger partial charge on any atom is 0.269 e. The van der Waals surface area contributed by atoms with Crippen LogP contribution in [0.25, 0.3) is 16.2 Å². The van der Waals surface area contributed by atoms with Crippen molar-refractivity contribution in [2.45, 2.75) is 4.90 Å². The van der Waals surface area contributed by atoms with Gasteiger partial charge < -0.3 is 5.32 Å². The molecule has 2 aromatic heterocycles. The van der Waals surface area contributed by atoms with Gasteiger partial charge in [-0.1, -0.05) is 12.1 Å². The topological polar surface area (TPSA) is 89.5 Å². The normalized spacial score (nSPS) is 10.9. The second-order valence-corrected chi connectivity index (χ2v) is 7.81. The highest BCUT2D eigenvalue weighted by Gasteiger charge is 2.08. The average molecular weight is 410 g/mol. The molecule has 7 nitrogen and oxygen atoms in total. The van der Waals surface area contributed by atoms with Gasteiger partial charge in [0.25, 0.3) is 5.69 Å². The summed E-state index contributed by atoms with van der Waals surface area (Å²) in [5.74, 6) is 0.0790. The van der Waals surface area contributed by atoms with E-state index in [2.05, 4.69) is 10.3 Å². The number of thiazole rings is 1. The summed E-state index contributed by atoms with van der Waals surface area (Å²) in [7, 11) is 0. The zero-order chi connectivity index (χ0) is 19.5. The molecule has 0 radical (unpaired) electrons. The van der Waals surface area contributed by atoms with Crippen LogP contribution in [0.1, 0.15) is 0 Å². The van der Waals surface area contributed by atoms with E-state index in [-0.39, 0.29) is 17.3 Å². The Bertz CT molecular complexity index is 1110. The third-order valence-electron chi connectivity index (χ3n) is 3.98. The van der Waals surface area contributed by atoms with Gasteiger partial charge in [0.05, 0.1) is 16.4 Å². The average Bonchev–Trinajstić information content (AvgIpc) is 3.29. The third kappa shape index (κ3) is 4.05. The number of carbonyl (C=O) groups is 1. The third-order valence-corrected chi connectivity index (χ3v) is 5.76. The van der Waals surface area contributed by atoms with Crippen LogP contribution >= 0.6 is 23.1 Å². The molecule has 0 saturated heterocycles. The molecule has 1 N–H and O–H groups in total. The number of fused-ring (bicyclic) bond motifs is 1. The molecule has 0 spiro atoms. The molecule has 4 rings (SSSR count). The van der Waals surface area contributed by atoms with Gasteiger partial charge in [-0.05, 0) is 24.3 Å². The second-order valence-electron chi connectivity index (χ2n) is 5.88. The SMILES string of the molecule is O=C(CSc1ccc([N+](=O)[O-])cc1)Nc1ccc(-c2cn3ccsc3n2)cc1. The first-order chi connectivity index (χ1) is 13.6. The van der Waals surface area contributed by atoms with Crippen LogP contribution in [-0.4, -0.2) is 26.0 Å². The number of thioether (sulfide) groups is 1. The highest BCUT2D eigenvalue weighted by atomic mass is 32.2. The zero-order valence-corrected chi connectivity index (χ0v) is 16.1. The molecule has 2 heterocycles. The maximum atomic E-state index is 12.1. The quantitative estimate of drug-likeness (QED) is 0.283. The van der Waals surface area contributed by atoms with Gasteiger partial charge in [-0.2, -0.15) is 0 Å². The van der Waals surface area contributed by atoms with Crippen molar-refractivity contribution in [3.8, 4) is 11.3 Å². The van der Waals surface area contributed by atoms with Crippen LogP contribution in [-0.2, 0) is 4.79 Å². The van der Waals surface area contributed by atoms with Crippen LogP contribution < -0.4 is 5.32 Å². The van der Waals surface area contributed by atoms with E-state index in [1.54, 1.807) is 23.5 Å². The number of nitrogens with zero attached hydrogens (tertiary/aromatic N) is 3. The fourth-order valence-corrected chi connectivity index (χ4v) is 4.00. The molecule has 0 unspecified atom stereocenters. The summed E-state index contributed by atoms with van der Waals surface area (Å²) in [5.41, 5.74) is 2.61. The summed E-state index contributed by atoms with van der Waals surface area (Å²) >= 11 is 2.90. The number of nitrogens with one attached hydrogen (secondary N) is 1. The van der Waals surface area contributed by atoms with Crippen molar-refractivity contribution in [2.75, 3.05) is 11.1 Å². The van der Waals surface area contributed by atoms with Gasteiger partial charge in [-0.15, -0.1) is 23.1 Å². The van der Waals surface area contributed by atoms with Crippen molar-refractivity contribution in [1.82, 2.24) is 9.38 Å². The van der Waals surface area contributed by atoms with Gasteiger partial charge in [0.2, 0.25) is 5.91 Å². The summed E-state index contributed by atoms with van der Waals surface area (Å²) in [4.78, 5) is 28.7. The van der Waals surface area contributed by atoms with Gasteiger partial charge in [0, 0.05) is 46.1 Å². The van der Waals surface area contributed by atoms with Gasteiger partial charge in [-0.25, -0.2) is 4.98 Å². The Morgan fingerprint density at radius 2 is 1.93 bits per heavy atom. The van der Waals surface area contributed by atoms with Crippen molar-refractivity contribution in [1.29, 1.82) is 0 Å². The van der Waals surface area contributed by atoms with Gasteiger partial charge >= 0.3 is 0 Å². The lowest BCUT2D eigenvalue weighted by atomic mass is 10.1. The van der Waals surface area contributed by atoms with Crippen LogP contribution in [0, 0.1) is 10.1 Å². The van der Waals surface area contributed by atoms with E-state index in [1.807, 2.05) is 46.4 Å². The van der Waals surface area contributed by atoms with Crippen molar-refractivity contribution < 1.29 is 9.72 Å². The molecule has 2 aromatic carbocycles. The molecule has 4 aromatic rings. The number of anilines is 1. The fourth-order valence-electron chi connectivity index (χ4n) is 2.60. The van der Waals surface area contributed by atoms with E-state index in [4.69, 9.17) is 0 Å².